The average Bonchev–Trinajstić information content (AvgIpc) is 2.85. The van der Waals surface area contributed by atoms with Gasteiger partial charge in [0.25, 0.3) is 0 Å². The summed E-state index contributed by atoms with van der Waals surface area (Å²) in [6, 6.07) is 10.3. The lowest BCUT2D eigenvalue weighted by Gasteiger charge is -2.06. The highest BCUT2D eigenvalue weighted by Gasteiger charge is 2.10. The topological polar surface area (TPSA) is 77.5 Å². The average molecular weight is 329 g/mol. The monoisotopic (exact) mass is 329 g/mol. The molecule has 0 saturated heterocycles. The quantitative estimate of drug-likeness (QED) is 0.572. The van der Waals surface area contributed by atoms with Gasteiger partial charge in [0, 0.05) is 24.9 Å². The van der Waals surface area contributed by atoms with Crippen LogP contribution in [0.1, 0.15) is 22.5 Å². The van der Waals surface area contributed by atoms with Crippen molar-refractivity contribution in [2.45, 2.75) is 33.4 Å². The fourth-order valence-electron chi connectivity index (χ4n) is 2.56. The third-order valence-electron chi connectivity index (χ3n) is 4.01. The van der Waals surface area contributed by atoms with E-state index in [0.717, 1.165) is 36.5 Å². The van der Waals surface area contributed by atoms with Crippen molar-refractivity contribution in [3.8, 4) is 0 Å². The molecule has 130 valence electrons. The molecule has 3 N–H and O–H groups in total. The number of hydrogen-bond acceptors (Lipinski definition) is 3. The molecule has 1 aromatic carbocycles. The molecule has 2 rings (SSSR count). The predicted molar refractivity (Wildman–Crippen MR) is 97.1 cm³/mol. The van der Waals surface area contributed by atoms with E-state index < -0.39 is 0 Å². The van der Waals surface area contributed by atoms with Crippen molar-refractivity contribution in [1.29, 1.82) is 0 Å². The molecule has 0 fully saturated rings. The standard InChI is InChI=1S/C18H27N5O/c1-14-17(15(2)23(22-14)11-12-24-3)13-21-18(19)20-10-9-16-7-5-4-6-8-16/h4-8H,9-13H2,1-3H3,(H3,19,20,21). The van der Waals surface area contributed by atoms with Crippen molar-refractivity contribution in [1.82, 2.24) is 15.1 Å². The molecule has 6 heteroatoms. The molecule has 1 heterocycles. The second kappa shape index (κ2) is 9.08. The van der Waals surface area contributed by atoms with E-state index in [9.17, 15) is 0 Å². The minimum Gasteiger partial charge on any atom is -0.383 e. The summed E-state index contributed by atoms with van der Waals surface area (Å²) in [7, 11) is 1.69. The maximum atomic E-state index is 5.96. The van der Waals surface area contributed by atoms with E-state index in [4.69, 9.17) is 10.5 Å². The van der Waals surface area contributed by atoms with E-state index in [-0.39, 0.29) is 0 Å². The van der Waals surface area contributed by atoms with Gasteiger partial charge in [0.1, 0.15) is 0 Å². The van der Waals surface area contributed by atoms with Crippen molar-refractivity contribution >= 4 is 5.96 Å². The summed E-state index contributed by atoms with van der Waals surface area (Å²) >= 11 is 0. The molecule has 0 amide bonds. The van der Waals surface area contributed by atoms with Crippen LogP contribution in [0.4, 0.5) is 0 Å². The van der Waals surface area contributed by atoms with Gasteiger partial charge in [-0.3, -0.25) is 4.68 Å². The van der Waals surface area contributed by atoms with Crippen LogP contribution in [0.15, 0.2) is 35.3 Å². The SMILES string of the molecule is COCCn1nc(C)c(CN=C(N)NCCc2ccccc2)c1C. The van der Waals surface area contributed by atoms with Crippen LogP contribution in [0.2, 0.25) is 0 Å². The molecule has 1 aromatic heterocycles. The lowest BCUT2D eigenvalue weighted by Crippen LogP contribution is -2.33. The number of aliphatic imine (C=N–C) groups is 1. The van der Waals surface area contributed by atoms with E-state index in [1.807, 2.05) is 29.8 Å². The Labute approximate surface area is 143 Å². The van der Waals surface area contributed by atoms with Crippen LogP contribution in [0.25, 0.3) is 0 Å². The molecule has 0 aliphatic carbocycles. The third kappa shape index (κ3) is 5.09. The maximum Gasteiger partial charge on any atom is 0.188 e. The number of benzene rings is 1. The second-order valence-corrected chi connectivity index (χ2v) is 5.73. The summed E-state index contributed by atoms with van der Waals surface area (Å²) in [5, 5.41) is 7.70. The van der Waals surface area contributed by atoms with E-state index in [1.54, 1.807) is 7.11 Å². The molecule has 0 unspecified atom stereocenters. The molecule has 0 aliphatic rings. The largest absolute Gasteiger partial charge is 0.383 e. The molecule has 0 saturated carbocycles. The Hall–Kier alpha value is -2.34. The number of aryl methyl sites for hydroxylation is 1. The van der Waals surface area contributed by atoms with Crippen LogP contribution < -0.4 is 11.1 Å². The Bertz CT molecular complexity index is 664. The molecule has 0 bridgehead atoms. The van der Waals surface area contributed by atoms with Crippen LogP contribution in [0.5, 0.6) is 0 Å². The highest BCUT2D eigenvalue weighted by atomic mass is 16.5. The summed E-state index contributed by atoms with van der Waals surface area (Å²) in [6.07, 6.45) is 0.921. The Morgan fingerprint density at radius 1 is 1.29 bits per heavy atom. The van der Waals surface area contributed by atoms with Crippen LogP contribution in [0.3, 0.4) is 0 Å². The first-order chi connectivity index (χ1) is 11.6. The highest BCUT2D eigenvalue weighted by Crippen LogP contribution is 2.14. The lowest BCUT2D eigenvalue weighted by molar-refractivity contribution is 0.182. The van der Waals surface area contributed by atoms with Gasteiger partial charge in [-0.1, -0.05) is 30.3 Å². The maximum absolute atomic E-state index is 5.96. The van der Waals surface area contributed by atoms with E-state index in [1.165, 1.54) is 5.56 Å². The number of aromatic nitrogens is 2. The lowest BCUT2D eigenvalue weighted by atomic mass is 10.1. The van der Waals surface area contributed by atoms with Gasteiger partial charge in [0.15, 0.2) is 5.96 Å². The van der Waals surface area contributed by atoms with Crippen molar-refractivity contribution in [3.05, 3.63) is 52.8 Å². The fourth-order valence-corrected chi connectivity index (χ4v) is 2.56. The first-order valence-corrected chi connectivity index (χ1v) is 8.21. The summed E-state index contributed by atoms with van der Waals surface area (Å²) < 4.78 is 7.07. The molecule has 6 nitrogen and oxygen atoms in total. The summed E-state index contributed by atoms with van der Waals surface area (Å²) in [6.45, 7) is 6.75. The molecular weight excluding hydrogens is 302 g/mol. The minimum absolute atomic E-state index is 0.467. The van der Waals surface area contributed by atoms with Gasteiger partial charge in [-0.25, -0.2) is 4.99 Å². The molecular formula is C18H27N5O. The van der Waals surface area contributed by atoms with Gasteiger partial charge in [-0.05, 0) is 25.8 Å². The predicted octanol–water partition coefficient (Wildman–Crippen LogP) is 1.79. The number of nitrogens with zero attached hydrogens (tertiary/aromatic N) is 3. The Kier molecular flexibility index (Phi) is 6.81. The zero-order chi connectivity index (χ0) is 17.4. The van der Waals surface area contributed by atoms with Crippen LogP contribution in [0, 0.1) is 13.8 Å². The smallest absolute Gasteiger partial charge is 0.188 e. The summed E-state index contributed by atoms with van der Waals surface area (Å²) in [5.74, 6) is 0.467. The number of ether oxygens (including phenoxy) is 1. The number of nitrogens with two attached hydrogens (primary N) is 1. The van der Waals surface area contributed by atoms with E-state index in [0.29, 0.717) is 19.1 Å². The number of nitrogens with one attached hydrogen (secondary N) is 1. The molecule has 24 heavy (non-hydrogen) atoms. The molecule has 0 atom stereocenters. The van der Waals surface area contributed by atoms with E-state index in [2.05, 4.69) is 34.5 Å². The van der Waals surface area contributed by atoms with Gasteiger partial charge >= 0.3 is 0 Å². The number of hydrogen-bond donors (Lipinski definition) is 2. The van der Waals surface area contributed by atoms with Gasteiger partial charge in [-0.15, -0.1) is 0 Å². The zero-order valence-corrected chi connectivity index (χ0v) is 14.7. The van der Waals surface area contributed by atoms with Crippen LogP contribution >= 0.6 is 0 Å². The van der Waals surface area contributed by atoms with Gasteiger partial charge in [0.2, 0.25) is 0 Å². The van der Waals surface area contributed by atoms with Crippen LogP contribution in [-0.4, -0.2) is 36.0 Å². The number of guanidine groups is 1. The number of rotatable bonds is 8. The summed E-state index contributed by atoms with van der Waals surface area (Å²) in [5.41, 5.74) is 10.5. The van der Waals surface area contributed by atoms with Crippen molar-refractivity contribution in [2.24, 2.45) is 10.7 Å². The van der Waals surface area contributed by atoms with Gasteiger partial charge in [-0.2, -0.15) is 5.10 Å². The molecule has 0 spiro atoms. The van der Waals surface area contributed by atoms with Crippen LogP contribution in [-0.2, 0) is 24.2 Å². The second-order valence-electron chi connectivity index (χ2n) is 5.73. The Morgan fingerprint density at radius 3 is 2.75 bits per heavy atom. The Balaban J connectivity index is 1.86. The summed E-state index contributed by atoms with van der Waals surface area (Å²) in [4.78, 5) is 4.44. The first-order valence-electron chi connectivity index (χ1n) is 8.21. The Morgan fingerprint density at radius 2 is 2.04 bits per heavy atom. The fraction of sp³-hybridized carbons (Fsp3) is 0.444. The van der Waals surface area contributed by atoms with Crippen molar-refractivity contribution in [3.63, 3.8) is 0 Å². The third-order valence-corrected chi connectivity index (χ3v) is 4.01. The van der Waals surface area contributed by atoms with E-state index >= 15 is 0 Å². The van der Waals surface area contributed by atoms with Gasteiger partial charge in [0.05, 0.1) is 25.4 Å². The van der Waals surface area contributed by atoms with Crippen molar-refractivity contribution < 1.29 is 4.74 Å². The zero-order valence-electron chi connectivity index (χ0n) is 14.7. The van der Waals surface area contributed by atoms with Gasteiger partial charge < -0.3 is 15.8 Å². The normalized spacial score (nSPS) is 11.7. The minimum atomic E-state index is 0.467. The number of methoxy groups -OCH3 is 1. The molecule has 0 aliphatic heterocycles. The molecule has 2 aromatic rings. The highest BCUT2D eigenvalue weighted by molar-refractivity contribution is 5.77. The molecule has 0 radical (unpaired) electrons. The van der Waals surface area contributed by atoms with Crippen molar-refractivity contribution in [2.75, 3.05) is 20.3 Å². The first kappa shape index (κ1) is 18.0.